The molecule has 1 aliphatic carbocycles. The van der Waals surface area contributed by atoms with Gasteiger partial charge in [-0.25, -0.2) is 0 Å². The van der Waals surface area contributed by atoms with Crippen molar-refractivity contribution in [3.05, 3.63) is 29.1 Å². The fourth-order valence-electron chi connectivity index (χ4n) is 1.34. The number of nitrogens with zero attached hydrogens (tertiary/aromatic N) is 1. The lowest BCUT2D eigenvalue weighted by Crippen LogP contribution is -1.98. The van der Waals surface area contributed by atoms with Crippen LogP contribution >= 0.6 is 0 Å². The van der Waals surface area contributed by atoms with E-state index >= 15 is 0 Å². The molecule has 0 bridgehead atoms. The summed E-state index contributed by atoms with van der Waals surface area (Å²) in [7, 11) is 0. The molecule has 0 aliphatic heterocycles. The van der Waals surface area contributed by atoms with E-state index in [1.54, 1.807) is 0 Å². The molecule has 2 N–H and O–H groups in total. The Morgan fingerprint density at radius 1 is 1.42 bits per heavy atom. The van der Waals surface area contributed by atoms with Gasteiger partial charge in [-0.3, -0.25) is 4.98 Å². The number of nitrogens with two attached hydrogens (primary N) is 1. The van der Waals surface area contributed by atoms with Gasteiger partial charge in [0.05, 0.1) is 11.4 Å². The van der Waals surface area contributed by atoms with Gasteiger partial charge in [-0.05, 0) is 37.5 Å². The van der Waals surface area contributed by atoms with Gasteiger partial charge in [-0.15, -0.1) is 0 Å². The highest BCUT2D eigenvalue weighted by atomic mass is 14.8. The van der Waals surface area contributed by atoms with Crippen molar-refractivity contribution in [3.63, 3.8) is 0 Å². The first-order valence-electron chi connectivity index (χ1n) is 4.11. The first-order chi connectivity index (χ1) is 5.68. The molecule has 0 amide bonds. The maximum absolute atomic E-state index is 5.89. The molecule has 12 heavy (non-hydrogen) atoms. The summed E-state index contributed by atoms with van der Waals surface area (Å²) in [5.41, 5.74) is 11.2. The quantitative estimate of drug-likeness (QED) is 0.683. The third kappa shape index (κ3) is 1.09. The Bertz CT molecular complexity index is 364. The van der Waals surface area contributed by atoms with Crippen LogP contribution < -0.4 is 5.73 Å². The van der Waals surface area contributed by atoms with E-state index in [9.17, 15) is 0 Å². The maximum atomic E-state index is 5.89. The summed E-state index contributed by atoms with van der Waals surface area (Å²) in [6.45, 7) is 4.02. The predicted octanol–water partition coefficient (Wildman–Crippen LogP) is 2.07. The maximum Gasteiger partial charge on any atom is 0.0896 e. The number of rotatable bonds is 1. The summed E-state index contributed by atoms with van der Waals surface area (Å²) in [6.07, 6.45) is 3.21. The van der Waals surface area contributed by atoms with Crippen LogP contribution in [0.1, 0.15) is 23.4 Å². The molecule has 0 radical (unpaired) electrons. The number of nitrogen functional groups attached to an aromatic ring is 1. The largest absolute Gasteiger partial charge is 0.397 e. The number of aryl methyl sites for hydroxylation is 2. The average molecular weight is 160 g/mol. The van der Waals surface area contributed by atoms with E-state index < -0.39 is 0 Å². The van der Waals surface area contributed by atoms with E-state index in [4.69, 9.17) is 5.73 Å². The number of hydrogen-bond acceptors (Lipinski definition) is 2. The lowest BCUT2D eigenvalue weighted by atomic mass is 10.1. The van der Waals surface area contributed by atoms with Gasteiger partial charge in [0.15, 0.2) is 0 Å². The van der Waals surface area contributed by atoms with Gasteiger partial charge < -0.3 is 5.73 Å². The van der Waals surface area contributed by atoms with Crippen LogP contribution in [-0.2, 0) is 0 Å². The molecule has 2 rings (SSSR count). The number of hydrogen-bond donors (Lipinski definition) is 1. The average Bonchev–Trinajstić information content (AvgIpc) is 2.79. The minimum atomic E-state index is 0.837. The normalized spacial score (nSPS) is 14.3. The van der Waals surface area contributed by atoms with Crippen molar-refractivity contribution in [2.75, 3.05) is 5.73 Å². The molecule has 2 heteroatoms. The summed E-state index contributed by atoms with van der Waals surface area (Å²) in [4.78, 5) is 4.40. The van der Waals surface area contributed by atoms with E-state index in [2.05, 4.69) is 11.1 Å². The Balaban J connectivity index is 2.59. The molecule has 0 atom stereocenters. The molecule has 0 spiro atoms. The summed E-state index contributed by atoms with van der Waals surface area (Å²) in [6, 6.07) is 2.02. The van der Waals surface area contributed by atoms with Gasteiger partial charge in [0.2, 0.25) is 0 Å². The summed E-state index contributed by atoms with van der Waals surface area (Å²) in [5, 5.41) is 0. The van der Waals surface area contributed by atoms with Gasteiger partial charge in [0, 0.05) is 5.69 Å². The highest BCUT2D eigenvalue weighted by Gasteiger charge is 2.16. The van der Waals surface area contributed by atoms with Crippen molar-refractivity contribution in [3.8, 4) is 0 Å². The van der Waals surface area contributed by atoms with Crippen molar-refractivity contribution in [2.24, 2.45) is 0 Å². The van der Waals surface area contributed by atoms with Gasteiger partial charge in [-0.1, -0.05) is 6.08 Å². The first kappa shape index (κ1) is 7.35. The van der Waals surface area contributed by atoms with E-state index in [0.29, 0.717) is 0 Å². The van der Waals surface area contributed by atoms with E-state index in [0.717, 1.165) is 29.1 Å². The highest BCUT2D eigenvalue weighted by molar-refractivity contribution is 5.82. The second-order valence-corrected chi connectivity index (χ2v) is 3.28. The Kier molecular flexibility index (Phi) is 1.43. The molecular weight excluding hydrogens is 148 g/mol. The second kappa shape index (κ2) is 2.34. The number of anilines is 1. The fraction of sp³-hybridized carbons (Fsp3) is 0.300. The molecule has 0 unspecified atom stereocenters. The monoisotopic (exact) mass is 160 g/mol. The minimum Gasteiger partial charge on any atom is -0.397 e. The van der Waals surface area contributed by atoms with Crippen LogP contribution in [0.4, 0.5) is 5.69 Å². The van der Waals surface area contributed by atoms with Crippen molar-refractivity contribution in [2.45, 2.75) is 20.3 Å². The zero-order valence-corrected chi connectivity index (χ0v) is 7.39. The first-order valence-corrected chi connectivity index (χ1v) is 4.11. The van der Waals surface area contributed by atoms with Crippen LogP contribution in [0, 0.1) is 13.8 Å². The van der Waals surface area contributed by atoms with Gasteiger partial charge in [0.25, 0.3) is 0 Å². The summed E-state index contributed by atoms with van der Waals surface area (Å²) in [5.74, 6) is 0. The van der Waals surface area contributed by atoms with Crippen molar-refractivity contribution in [1.29, 1.82) is 0 Å². The molecule has 0 aromatic carbocycles. The van der Waals surface area contributed by atoms with Crippen LogP contribution in [-0.4, -0.2) is 4.98 Å². The second-order valence-electron chi connectivity index (χ2n) is 3.28. The van der Waals surface area contributed by atoms with Crippen molar-refractivity contribution >= 4 is 11.3 Å². The standard InChI is InChI=1S/C10H12N2/c1-6-5-7(2)12-10(9(6)11)8-3-4-8/h3,5H,4,11H2,1-2H3. The van der Waals surface area contributed by atoms with E-state index in [-0.39, 0.29) is 0 Å². The zero-order chi connectivity index (χ0) is 8.72. The van der Waals surface area contributed by atoms with Crippen molar-refractivity contribution in [1.82, 2.24) is 4.98 Å². The fourth-order valence-corrected chi connectivity index (χ4v) is 1.34. The number of pyridine rings is 1. The van der Waals surface area contributed by atoms with Gasteiger partial charge in [-0.2, -0.15) is 0 Å². The lowest BCUT2D eigenvalue weighted by molar-refractivity contribution is 1.15. The van der Waals surface area contributed by atoms with E-state index in [1.807, 2.05) is 19.9 Å². The molecule has 2 nitrogen and oxygen atoms in total. The molecule has 62 valence electrons. The van der Waals surface area contributed by atoms with Crippen LogP contribution in [0.3, 0.4) is 0 Å². The molecule has 1 aromatic rings. The molecule has 0 saturated heterocycles. The summed E-state index contributed by atoms with van der Waals surface area (Å²) >= 11 is 0. The Labute approximate surface area is 72.1 Å². The van der Waals surface area contributed by atoms with Crippen LogP contribution in [0.25, 0.3) is 5.57 Å². The lowest BCUT2D eigenvalue weighted by Gasteiger charge is -2.05. The third-order valence-corrected chi connectivity index (χ3v) is 2.11. The van der Waals surface area contributed by atoms with Crippen LogP contribution in [0.2, 0.25) is 0 Å². The number of aromatic nitrogens is 1. The molecule has 0 fully saturated rings. The smallest absolute Gasteiger partial charge is 0.0896 e. The van der Waals surface area contributed by atoms with Crippen LogP contribution in [0.5, 0.6) is 0 Å². The van der Waals surface area contributed by atoms with Gasteiger partial charge in [0.1, 0.15) is 0 Å². The topological polar surface area (TPSA) is 38.9 Å². The van der Waals surface area contributed by atoms with Crippen LogP contribution in [0.15, 0.2) is 12.1 Å². The Hall–Kier alpha value is -1.31. The minimum absolute atomic E-state index is 0.837. The zero-order valence-electron chi connectivity index (χ0n) is 7.39. The number of allylic oxidation sites excluding steroid dienone is 2. The third-order valence-electron chi connectivity index (χ3n) is 2.11. The Morgan fingerprint density at radius 2 is 2.08 bits per heavy atom. The Morgan fingerprint density at radius 3 is 2.67 bits per heavy atom. The SMILES string of the molecule is Cc1cc(C)c(N)c(C2=CC2)n1. The van der Waals surface area contributed by atoms with E-state index in [1.165, 1.54) is 5.57 Å². The summed E-state index contributed by atoms with van der Waals surface area (Å²) < 4.78 is 0. The highest BCUT2D eigenvalue weighted by Crippen LogP contribution is 2.34. The molecule has 1 heterocycles. The molecule has 0 saturated carbocycles. The molecule has 1 aromatic heterocycles. The molecular formula is C10H12N2. The van der Waals surface area contributed by atoms with Crippen molar-refractivity contribution < 1.29 is 0 Å². The predicted molar refractivity (Wildman–Crippen MR) is 50.7 cm³/mol. The van der Waals surface area contributed by atoms with Gasteiger partial charge >= 0.3 is 0 Å². The molecule has 1 aliphatic rings.